The number of carbonyl (C=O) groups is 2. The monoisotopic (exact) mass is 282 g/mol. The quantitative estimate of drug-likeness (QED) is 0.740. The summed E-state index contributed by atoms with van der Waals surface area (Å²) in [6.07, 6.45) is 7.09. The third-order valence-corrected chi connectivity index (χ3v) is 4.93. The average Bonchev–Trinajstić information content (AvgIpc) is 2.82. The lowest BCUT2D eigenvalue weighted by Crippen LogP contribution is -2.46. The summed E-state index contributed by atoms with van der Waals surface area (Å²) in [5.41, 5.74) is 0. The molecular formula is C15H26N2O3. The molecule has 3 N–H and O–H groups in total. The summed E-state index contributed by atoms with van der Waals surface area (Å²) < 4.78 is 0. The van der Waals surface area contributed by atoms with E-state index >= 15 is 0 Å². The second kappa shape index (κ2) is 6.95. The first-order chi connectivity index (χ1) is 9.58. The molecule has 2 fully saturated rings. The van der Waals surface area contributed by atoms with Crippen LogP contribution in [0, 0.1) is 17.8 Å². The van der Waals surface area contributed by atoms with Crippen LogP contribution in [0.2, 0.25) is 0 Å². The first-order valence-electron chi connectivity index (χ1n) is 7.85. The Morgan fingerprint density at radius 1 is 1.10 bits per heavy atom. The van der Waals surface area contributed by atoms with Gasteiger partial charge in [-0.3, -0.25) is 4.79 Å². The average molecular weight is 282 g/mol. The van der Waals surface area contributed by atoms with Crippen LogP contribution in [0.4, 0.5) is 4.79 Å². The summed E-state index contributed by atoms with van der Waals surface area (Å²) >= 11 is 0. The third-order valence-electron chi connectivity index (χ3n) is 4.93. The van der Waals surface area contributed by atoms with Crippen molar-refractivity contribution in [3.8, 4) is 0 Å². The number of hydrogen-bond acceptors (Lipinski definition) is 2. The second-order valence-corrected chi connectivity index (χ2v) is 6.36. The van der Waals surface area contributed by atoms with Crippen LogP contribution in [0.1, 0.15) is 51.9 Å². The van der Waals surface area contributed by atoms with Crippen LogP contribution >= 0.6 is 0 Å². The van der Waals surface area contributed by atoms with E-state index in [9.17, 15) is 14.7 Å². The van der Waals surface area contributed by atoms with Crippen molar-refractivity contribution in [1.82, 2.24) is 10.6 Å². The van der Waals surface area contributed by atoms with Crippen LogP contribution in [-0.2, 0) is 4.79 Å². The van der Waals surface area contributed by atoms with Gasteiger partial charge in [0.05, 0.1) is 5.92 Å². The maximum Gasteiger partial charge on any atom is 0.315 e. The summed E-state index contributed by atoms with van der Waals surface area (Å²) in [6.45, 7) is 2.64. The van der Waals surface area contributed by atoms with Gasteiger partial charge in [0.15, 0.2) is 0 Å². The number of hydrogen-bond donors (Lipinski definition) is 3. The van der Waals surface area contributed by atoms with Crippen LogP contribution in [0.3, 0.4) is 0 Å². The van der Waals surface area contributed by atoms with Gasteiger partial charge in [-0.2, -0.15) is 0 Å². The summed E-state index contributed by atoms with van der Waals surface area (Å²) in [5.74, 6) is -0.397. The van der Waals surface area contributed by atoms with Crippen molar-refractivity contribution in [2.45, 2.75) is 57.9 Å². The van der Waals surface area contributed by atoms with Crippen LogP contribution in [-0.4, -0.2) is 29.7 Å². The highest BCUT2D eigenvalue weighted by Gasteiger charge is 2.31. The minimum absolute atomic E-state index is 0.0769. The fraction of sp³-hybridized carbons (Fsp3) is 0.867. The molecule has 0 heterocycles. The van der Waals surface area contributed by atoms with Gasteiger partial charge in [0.25, 0.3) is 0 Å². The fourth-order valence-corrected chi connectivity index (χ4v) is 3.58. The Bertz CT molecular complexity index is 359. The number of aliphatic carboxylic acids is 1. The molecule has 5 nitrogen and oxygen atoms in total. The molecule has 2 amide bonds. The van der Waals surface area contributed by atoms with Gasteiger partial charge in [-0.15, -0.1) is 0 Å². The molecule has 0 aromatic carbocycles. The van der Waals surface area contributed by atoms with Crippen LogP contribution in [0.25, 0.3) is 0 Å². The molecule has 0 spiro atoms. The molecule has 4 atom stereocenters. The van der Waals surface area contributed by atoms with E-state index in [0.717, 1.165) is 32.1 Å². The number of carboxylic acids is 1. The molecule has 2 saturated carbocycles. The van der Waals surface area contributed by atoms with Crippen LogP contribution in [0.5, 0.6) is 0 Å². The molecule has 4 unspecified atom stereocenters. The standard InChI is InChI=1S/C15H26N2O3/c1-10-5-4-8-13(10)17-15(20)16-9-11-6-2-3-7-12(11)14(18)19/h10-13H,2-9H2,1H3,(H,18,19)(H2,16,17,20). The lowest BCUT2D eigenvalue weighted by atomic mass is 9.79. The van der Waals surface area contributed by atoms with Gasteiger partial charge in [0.1, 0.15) is 0 Å². The molecule has 114 valence electrons. The highest BCUT2D eigenvalue weighted by Crippen LogP contribution is 2.29. The van der Waals surface area contributed by atoms with Crippen molar-refractivity contribution < 1.29 is 14.7 Å². The molecule has 0 aromatic heterocycles. The van der Waals surface area contributed by atoms with Gasteiger partial charge in [-0.25, -0.2) is 4.79 Å². The predicted molar refractivity (Wildman–Crippen MR) is 76.4 cm³/mol. The topological polar surface area (TPSA) is 78.4 Å². The molecule has 0 saturated heterocycles. The molecule has 2 aliphatic carbocycles. The number of rotatable bonds is 4. The van der Waals surface area contributed by atoms with Crippen molar-refractivity contribution in [2.24, 2.45) is 17.8 Å². The lowest BCUT2D eigenvalue weighted by molar-refractivity contribution is -0.144. The van der Waals surface area contributed by atoms with Gasteiger partial charge < -0.3 is 15.7 Å². The van der Waals surface area contributed by atoms with Crippen molar-refractivity contribution in [3.05, 3.63) is 0 Å². The van der Waals surface area contributed by atoms with Crippen molar-refractivity contribution in [2.75, 3.05) is 6.54 Å². The predicted octanol–water partition coefficient (Wildman–Crippen LogP) is 2.37. The Balaban J connectivity index is 1.75. The maximum atomic E-state index is 11.9. The highest BCUT2D eigenvalue weighted by atomic mass is 16.4. The molecule has 2 aliphatic rings. The van der Waals surface area contributed by atoms with E-state index in [2.05, 4.69) is 17.6 Å². The van der Waals surface area contributed by atoms with E-state index in [0.29, 0.717) is 12.5 Å². The van der Waals surface area contributed by atoms with Crippen LogP contribution < -0.4 is 10.6 Å². The molecule has 2 rings (SSSR count). The SMILES string of the molecule is CC1CCCC1NC(=O)NCC1CCCCC1C(=O)O. The van der Waals surface area contributed by atoms with Crippen molar-refractivity contribution in [3.63, 3.8) is 0 Å². The number of amides is 2. The summed E-state index contributed by atoms with van der Waals surface area (Å²) in [7, 11) is 0. The maximum absolute atomic E-state index is 11.9. The van der Waals surface area contributed by atoms with E-state index in [1.54, 1.807) is 0 Å². The number of carboxylic acid groups (broad SMARTS) is 1. The molecular weight excluding hydrogens is 256 g/mol. The van der Waals surface area contributed by atoms with Crippen LogP contribution in [0.15, 0.2) is 0 Å². The summed E-state index contributed by atoms with van der Waals surface area (Å²) in [4.78, 5) is 23.1. The van der Waals surface area contributed by atoms with E-state index in [1.807, 2.05) is 0 Å². The summed E-state index contributed by atoms with van der Waals surface area (Å²) in [6, 6.07) is 0.134. The molecule has 5 heteroatoms. The van der Waals surface area contributed by atoms with E-state index in [1.165, 1.54) is 12.8 Å². The van der Waals surface area contributed by atoms with Crippen molar-refractivity contribution in [1.29, 1.82) is 0 Å². The normalized spacial score (nSPS) is 33.6. The fourth-order valence-electron chi connectivity index (χ4n) is 3.58. The second-order valence-electron chi connectivity index (χ2n) is 6.36. The molecule has 0 radical (unpaired) electrons. The Morgan fingerprint density at radius 3 is 2.50 bits per heavy atom. The zero-order valence-corrected chi connectivity index (χ0v) is 12.2. The Morgan fingerprint density at radius 2 is 1.85 bits per heavy atom. The Labute approximate surface area is 120 Å². The van der Waals surface area contributed by atoms with E-state index in [4.69, 9.17) is 0 Å². The number of nitrogens with one attached hydrogen (secondary N) is 2. The zero-order valence-electron chi connectivity index (χ0n) is 12.2. The van der Waals surface area contributed by atoms with Gasteiger partial charge in [0, 0.05) is 12.6 Å². The summed E-state index contributed by atoms with van der Waals surface area (Å²) in [5, 5.41) is 15.1. The highest BCUT2D eigenvalue weighted by molar-refractivity contribution is 5.74. The Hall–Kier alpha value is -1.26. The first kappa shape index (κ1) is 15.1. The first-order valence-corrected chi connectivity index (χ1v) is 7.85. The molecule has 0 aliphatic heterocycles. The minimum atomic E-state index is -0.721. The Kier molecular flexibility index (Phi) is 5.26. The largest absolute Gasteiger partial charge is 0.481 e. The number of carbonyl (C=O) groups excluding carboxylic acids is 1. The van der Waals surface area contributed by atoms with Gasteiger partial charge in [0.2, 0.25) is 0 Å². The van der Waals surface area contributed by atoms with Gasteiger partial charge >= 0.3 is 12.0 Å². The molecule has 0 bridgehead atoms. The van der Waals surface area contributed by atoms with E-state index < -0.39 is 5.97 Å². The zero-order chi connectivity index (χ0) is 14.5. The van der Waals surface area contributed by atoms with E-state index in [-0.39, 0.29) is 23.9 Å². The molecule has 20 heavy (non-hydrogen) atoms. The smallest absolute Gasteiger partial charge is 0.315 e. The molecule has 0 aromatic rings. The third kappa shape index (κ3) is 3.87. The lowest BCUT2D eigenvalue weighted by Gasteiger charge is -2.29. The van der Waals surface area contributed by atoms with Gasteiger partial charge in [-0.1, -0.05) is 26.2 Å². The minimum Gasteiger partial charge on any atom is -0.481 e. The number of urea groups is 1. The van der Waals surface area contributed by atoms with Crippen molar-refractivity contribution >= 4 is 12.0 Å². The van der Waals surface area contributed by atoms with Gasteiger partial charge in [-0.05, 0) is 37.5 Å².